The van der Waals surface area contributed by atoms with E-state index in [1.165, 1.54) is 0 Å². The van der Waals surface area contributed by atoms with E-state index in [0.29, 0.717) is 29.8 Å². The fraction of sp³-hybridized carbons (Fsp3) is 0.400. The highest BCUT2D eigenvalue weighted by molar-refractivity contribution is 5.83. The van der Waals surface area contributed by atoms with Crippen LogP contribution in [0.1, 0.15) is 75.7 Å². The molecule has 0 N–H and O–H groups in total. The van der Waals surface area contributed by atoms with Gasteiger partial charge < -0.3 is 0 Å². The van der Waals surface area contributed by atoms with Crippen molar-refractivity contribution in [3.05, 3.63) is 87.1 Å². The minimum absolute atomic E-state index is 0.00217. The second kappa shape index (κ2) is 11.3. The van der Waals surface area contributed by atoms with Crippen molar-refractivity contribution in [2.24, 2.45) is 5.41 Å². The molecular formula is C30H35N3O2. The Bertz CT molecular complexity index is 1290. The van der Waals surface area contributed by atoms with Gasteiger partial charge in [0, 0.05) is 23.8 Å². The molecule has 182 valence electrons. The predicted octanol–water partition coefficient (Wildman–Crippen LogP) is 5.89. The Morgan fingerprint density at radius 2 is 1.80 bits per heavy atom. The number of aromatic nitrogens is 2. The Labute approximate surface area is 208 Å². The van der Waals surface area contributed by atoms with E-state index in [-0.39, 0.29) is 17.9 Å². The van der Waals surface area contributed by atoms with Crippen LogP contribution in [-0.2, 0) is 30.6 Å². The van der Waals surface area contributed by atoms with Crippen LogP contribution < -0.4 is 5.56 Å². The first-order valence-electron chi connectivity index (χ1n) is 12.4. The number of carbonyl (C=O) groups excluding carboxylic acids is 1. The number of unbranched alkanes of at least 4 members (excludes halogenated alkanes) is 1. The zero-order chi connectivity index (χ0) is 25.6. The summed E-state index contributed by atoms with van der Waals surface area (Å²) in [4.78, 5) is 31.4. The molecule has 3 rings (SSSR count). The minimum atomic E-state index is -0.541. The fourth-order valence-corrected chi connectivity index (χ4v) is 4.10. The molecule has 0 unspecified atom stereocenters. The lowest BCUT2D eigenvalue weighted by atomic mass is 9.90. The van der Waals surface area contributed by atoms with Crippen LogP contribution in [-0.4, -0.2) is 15.3 Å². The number of nitrogens with zero attached hydrogens (tertiary/aromatic N) is 3. The Hall–Kier alpha value is -3.52. The van der Waals surface area contributed by atoms with Gasteiger partial charge in [-0.05, 0) is 35.6 Å². The van der Waals surface area contributed by atoms with Gasteiger partial charge in [-0.1, -0.05) is 83.5 Å². The maximum atomic E-state index is 13.7. The molecule has 0 bridgehead atoms. The predicted molar refractivity (Wildman–Crippen MR) is 140 cm³/mol. The van der Waals surface area contributed by atoms with Gasteiger partial charge in [0.2, 0.25) is 0 Å². The lowest BCUT2D eigenvalue weighted by Crippen LogP contribution is -2.36. The molecule has 0 aliphatic rings. The first kappa shape index (κ1) is 26.1. The van der Waals surface area contributed by atoms with Crippen LogP contribution in [0, 0.1) is 16.7 Å². The van der Waals surface area contributed by atoms with Crippen molar-refractivity contribution in [2.75, 3.05) is 0 Å². The maximum absolute atomic E-state index is 13.7. The number of rotatable bonds is 9. The SMILES string of the molecule is CCCCc1nc(CC)n(CC(=O)C(C)(C)C)c(=O)c1Cc1ccc(-c2ccccc2)c(C#N)c1. The van der Waals surface area contributed by atoms with E-state index >= 15 is 0 Å². The van der Waals surface area contributed by atoms with Gasteiger partial charge in [0.05, 0.1) is 23.9 Å². The number of carbonyl (C=O) groups is 1. The third-order valence-corrected chi connectivity index (χ3v) is 6.32. The van der Waals surface area contributed by atoms with Crippen LogP contribution in [0.25, 0.3) is 11.1 Å². The van der Waals surface area contributed by atoms with Gasteiger partial charge >= 0.3 is 0 Å². The van der Waals surface area contributed by atoms with Crippen LogP contribution in [0.5, 0.6) is 0 Å². The molecule has 0 amide bonds. The number of benzene rings is 2. The maximum Gasteiger partial charge on any atom is 0.257 e. The van der Waals surface area contributed by atoms with E-state index in [1.54, 1.807) is 4.57 Å². The molecule has 0 saturated heterocycles. The summed E-state index contributed by atoms with van der Waals surface area (Å²) in [5.41, 5.74) is 4.05. The monoisotopic (exact) mass is 469 g/mol. The zero-order valence-corrected chi connectivity index (χ0v) is 21.5. The van der Waals surface area contributed by atoms with Gasteiger partial charge in [0.15, 0.2) is 5.78 Å². The summed E-state index contributed by atoms with van der Waals surface area (Å²) >= 11 is 0. The first-order chi connectivity index (χ1) is 16.7. The Kier molecular flexibility index (Phi) is 8.40. The van der Waals surface area contributed by atoms with Gasteiger partial charge in [-0.25, -0.2) is 4.98 Å². The molecule has 0 fully saturated rings. The Morgan fingerprint density at radius 1 is 1.09 bits per heavy atom. The average molecular weight is 470 g/mol. The van der Waals surface area contributed by atoms with E-state index in [2.05, 4.69) is 13.0 Å². The highest BCUT2D eigenvalue weighted by Gasteiger charge is 2.24. The Balaban J connectivity index is 2.09. The van der Waals surface area contributed by atoms with Crippen LogP contribution in [0.4, 0.5) is 0 Å². The van der Waals surface area contributed by atoms with Crippen molar-refractivity contribution in [2.45, 2.75) is 73.3 Å². The molecule has 1 heterocycles. The summed E-state index contributed by atoms with van der Waals surface area (Å²) in [5.74, 6) is 0.655. The molecule has 0 radical (unpaired) electrons. The van der Waals surface area contributed by atoms with Gasteiger partial charge in [-0.2, -0.15) is 5.26 Å². The van der Waals surface area contributed by atoms with E-state index < -0.39 is 5.41 Å². The number of hydrogen-bond acceptors (Lipinski definition) is 4. The quantitative estimate of drug-likeness (QED) is 0.391. The molecule has 2 aromatic carbocycles. The normalized spacial score (nSPS) is 11.3. The second-order valence-electron chi connectivity index (χ2n) is 10.0. The standard InChI is InChI=1S/C30H35N3O2/c1-6-8-14-26-25(29(35)33(28(7-2)32-26)20-27(34)30(3,4)5)18-21-15-16-24(23(17-21)19-31)22-12-10-9-11-13-22/h9-13,15-17H,6-8,14,18,20H2,1-5H3. The number of ketones is 1. The van der Waals surface area contributed by atoms with E-state index in [1.807, 2.05) is 76.2 Å². The van der Waals surface area contributed by atoms with E-state index in [9.17, 15) is 14.9 Å². The molecular weight excluding hydrogens is 434 g/mol. The highest BCUT2D eigenvalue weighted by Crippen LogP contribution is 2.25. The van der Waals surface area contributed by atoms with E-state index in [4.69, 9.17) is 4.98 Å². The summed E-state index contributed by atoms with van der Waals surface area (Å²) in [7, 11) is 0. The summed E-state index contributed by atoms with van der Waals surface area (Å²) in [5, 5.41) is 9.82. The number of Topliss-reactive ketones (excluding diaryl/α,β-unsaturated/α-hetero) is 1. The van der Waals surface area contributed by atoms with Gasteiger partial charge in [0.1, 0.15) is 5.82 Å². The van der Waals surface area contributed by atoms with Gasteiger partial charge in [-0.15, -0.1) is 0 Å². The van der Waals surface area contributed by atoms with Crippen molar-refractivity contribution in [1.82, 2.24) is 9.55 Å². The number of hydrogen-bond donors (Lipinski definition) is 0. The second-order valence-corrected chi connectivity index (χ2v) is 10.0. The van der Waals surface area contributed by atoms with Crippen molar-refractivity contribution < 1.29 is 4.79 Å². The third kappa shape index (κ3) is 6.14. The van der Waals surface area contributed by atoms with Crippen molar-refractivity contribution in [3.63, 3.8) is 0 Å². The van der Waals surface area contributed by atoms with Crippen LogP contribution >= 0.6 is 0 Å². The molecule has 0 aliphatic carbocycles. The average Bonchev–Trinajstić information content (AvgIpc) is 2.85. The van der Waals surface area contributed by atoms with Crippen LogP contribution in [0.3, 0.4) is 0 Å². The molecule has 0 aliphatic heterocycles. The van der Waals surface area contributed by atoms with Crippen molar-refractivity contribution in [1.29, 1.82) is 5.26 Å². The lowest BCUT2D eigenvalue weighted by Gasteiger charge is -2.21. The number of aryl methyl sites for hydroxylation is 2. The molecule has 1 aromatic heterocycles. The summed E-state index contributed by atoms with van der Waals surface area (Å²) in [6.45, 7) is 9.71. The fourth-order valence-electron chi connectivity index (χ4n) is 4.10. The van der Waals surface area contributed by atoms with Crippen molar-refractivity contribution in [3.8, 4) is 17.2 Å². The van der Waals surface area contributed by atoms with E-state index in [0.717, 1.165) is 41.6 Å². The molecule has 0 atom stereocenters. The lowest BCUT2D eigenvalue weighted by molar-refractivity contribution is -0.127. The van der Waals surface area contributed by atoms with Gasteiger partial charge in [-0.3, -0.25) is 14.2 Å². The molecule has 35 heavy (non-hydrogen) atoms. The topological polar surface area (TPSA) is 75.8 Å². The molecule has 5 nitrogen and oxygen atoms in total. The smallest absolute Gasteiger partial charge is 0.257 e. The zero-order valence-electron chi connectivity index (χ0n) is 21.5. The summed E-state index contributed by atoms with van der Waals surface area (Å²) in [6.07, 6.45) is 3.61. The summed E-state index contributed by atoms with van der Waals surface area (Å²) in [6, 6.07) is 17.9. The number of nitriles is 1. The molecule has 5 heteroatoms. The first-order valence-corrected chi connectivity index (χ1v) is 12.4. The van der Waals surface area contributed by atoms with Crippen LogP contribution in [0.2, 0.25) is 0 Å². The van der Waals surface area contributed by atoms with Crippen LogP contribution in [0.15, 0.2) is 53.3 Å². The summed E-state index contributed by atoms with van der Waals surface area (Å²) < 4.78 is 1.56. The molecule has 3 aromatic rings. The minimum Gasteiger partial charge on any atom is -0.297 e. The largest absolute Gasteiger partial charge is 0.297 e. The highest BCUT2D eigenvalue weighted by atomic mass is 16.1. The van der Waals surface area contributed by atoms with Crippen molar-refractivity contribution >= 4 is 5.78 Å². The van der Waals surface area contributed by atoms with Gasteiger partial charge in [0.25, 0.3) is 5.56 Å². The molecule has 0 saturated carbocycles. The molecule has 0 spiro atoms. The Morgan fingerprint density at radius 3 is 2.40 bits per heavy atom. The third-order valence-electron chi connectivity index (χ3n) is 6.32.